The second-order valence-electron chi connectivity index (χ2n) is 5.83. The maximum atomic E-state index is 5.51. The molecule has 1 saturated carbocycles. The molecule has 0 radical (unpaired) electrons. The van der Waals surface area contributed by atoms with Crippen LogP contribution in [0.15, 0.2) is 0 Å². The summed E-state index contributed by atoms with van der Waals surface area (Å²) in [7, 11) is 0. The van der Waals surface area contributed by atoms with Crippen molar-refractivity contribution in [3.05, 3.63) is 0 Å². The van der Waals surface area contributed by atoms with Crippen molar-refractivity contribution in [1.82, 2.24) is 5.32 Å². The molecule has 0 spiro atoms. The monoisotopic (exact) mass is 209 g/mol. The molecule has 2 saturated heterocycles. The van der Waals surface area contributed by atoms with Gasteiger partial charge in [0.1, 0.15) is 0 Å². The fourth-order valence-electron chi connectivity index (χ4n) is 3.49. The van der Waals surface area contributed by atoms with Gasteiger partial charge in [0.05, 0.1) is 13.2 Å². The van der Waals surface area contributed by atoms with E-state index in [1.807, 2.05) is 0 Å². The highest BCUT2D eigenvalue weighted by Crippen LogP contribution is 2.49. The molecule has 3 rings (SSSR count). The van der Waals surface area contributed by atoms with E-state index in [2.05, 4.69) is 5.32 Å². The second-order valence-corrected chi connectivity index (χ2v) is 5.83. The SMILES string of the molecule is C1CCC(CC2(C3CCC3)COC2)NC1. The van der Waals surface area contributed by atoms with Gasteiger partial charge in [0.15, 0.2) is 0 Å². The van der Waals surface area contributed by atoms with E-state index in [1.54, 1.807) is 0 Å². The minimum absolute atomic E-state index is 0.591. The number of hydrogen-bond acceptors (Lipinski definition) is 2. The molecule has 1 atom stereocenters. The lowest BCUT2D eigenvalue weighted by Crippen LogP contribution is -2.54. The van der Waals surface area contributed by atoms with E-state index in [1.165, 1.54) is 51.5 Å². The largest absolute Gasteiger partial charge is 0.380 e. The summed E-state index contributed by atoms with van der Waals surface area (Å²) >= 11 is 0. The molecule has 3 fully saturated rings. The Bertz CT molecular complexity index is 215. The van der Waals surface area contributed by atoms with Gasteiger partial charge in [-0.15, -0.1) is 0 Å². The topological polar surface area (TPSA) is 21.3 Å². The Kier molecular flexibility index (Phi) is 2.73. The van der Waals surface area contributed by atoms with E-state index in [-0.39, 0.29) is 0 Å². The third-order valence-electron chi connectivity index (χ3n) is 4.82. The summed E-state index contributed by atoms with van der Waals surface area (Å²) in [5, 5.41) is 3.69. The Morgan fingerprint density at radius 2 is 1.93 bits per heavy atom. The van der Waals surface area contributed by atoms with Crippen LogP contribution in [0, 0.1) is 11.3 Å². The summed E-state index contributed by atoms with van der Waals surface area (Å²) < 4.78 is 5.51. The smallest absolute Gasteiger partial charge is 0.0548 e. The third kappa shape index (κ3) is 1.83. The zero-order valence-corrected chi connectivity index (χ0v) is 9.63. The van der Waals surface area contributed by atoms with Crippen LogP contribution in [0.4, 0.5) is 0 Å². The van der Waals surface area contributed by atoms with Crippen LogP contribution in [0.2, 0.25) is 0 Å². The zero-order chi connectivity index (χ0) is 10.1. The highest BCUT2D eigenvalue weighted by molar-refractivity contribution is 4.98. The first-order valence-corrected chi connectivity index (χ1v) is 6.70. The molecule has 2 heteroatoms. The van der Waals surface area contributed by atoms with Crippen LogP contribution in [0.1, 0.15) is 44.9 Å². The summed E-state index contributed by atoms with van der Waals surface area (Å²) in [6, 6.07) is 0.795. The van der Waals surface area contributed by atoms with Gasteiger partial charge in [0.25, 0.3) is 0 Å². The minimum Gasteiger partial charge on any atom is -0.380 e. The lowest BCUT2D eigenvalue weighted by atomic mass is 9.61. The van der Waals surface area contributed by atoms with Crippen molar-refractivity contribution in [2.45, 2.75) is 51.0 Å². The van der Waals surface area contributed by atoms with E-state index < -0.39 is 0 Å². The number of piperidine rings is 1. The Balaban J connectivity index is 1.58. The molecular weight excluding hydrogens is 186 g/mol. The molecule has 86 valence electrons. The third-order valence-corrected chi connectivity index (χ3v) is 4.82. The van der Waals surface area contributed by atoms with Crippen LogP contribution in [-0.4, -0.2) is 25.8 Å². The number of ether oxygens (including phenoxy) is 1. The number of nitrogens with one attached hydrogen (secondary N) is 1. The van der Waals surface area contributed by atoms with Gasteiger partial charge in [-0.05, 0) is 44.6 Å². The Hall–Kier alpha value is -0.0800. The quantitative estimate of drug-likeness (QED) is 0.770. The highest BCUT2D eigenvalue weighted by Gasteiger charge is 2.48. The van der Waals surface area contributed by atoms with Crippen molar-refractivity contribution >= 4 is 0 Å². The normalized spacial score (nSPS) is 35.6. The zero-order valence-electron chi connectivity index (χ0n) is 9.63. The summed E-state index contributed by atoms with van der Waals surface area (Å²) in [6.07, 6.45) is 9.99. The highest BCUT2D eigenvalue weighted by atomic mass is 16.5. The second kappa shape index (κ2) is 4.06. The summed E-state index contributed by atoms with van der Waals surface area (Å²) in [5.74, 6) is 0.995. The molecule has 2 nitrogen and oxygen atoms in total. The molecule has 3 aliphatic rings. The molecule has 2 aliphatic heterocycles. The van der Waals surface area contributed by atoms with Crippen molar-refractivity contribution in [2.75, 3.05) is 19.8 Å². The minimum atomic E-state index is 0.591. The van der Waals surface area contributed by atoms with Gasteiger partial charge in [0.2, 0.25) is 0 Å². The lowest BCUT2D eigenvalue weighted by molar-refractivity contribution is -0.170. The molecule has 0 amide bonds. The van der Waals surface area contributed by atoms with Crippen LogP contribution < -0.4 is 5.32 Å². The van der Waals surface area contributed by atoms with Crippen molar-refractivity contribution in [2.24, 2.45) is 11.3 Å². The lowest BCUT2D eigenvalue weighted by Gasteiger charge is -2.52. The summed E-state index contributed by atoms with van der Waals surface area (Å²) in [5.41, 5.74) is 0.591. The standard InChI is InChI=1S/C13H23NO/c1-2-7-14-12(6-1)8-13(9-15-10-13)11-4-3-5-11/h11-12,14H,1-10H2. The van der Waals surface area contributed by atoms with Gasteiger partial charge in [-0.3, -0.25) is 0 Å². The first kappa shape index (κ1) is 10.1. The predicted molar refractivity (Wildman–Crippen MR) is 60.9 cm³/mol. The fraction of sp³-hybridized carbons (Fsp3) is 1.00. The van der Waals surface area contributed by atoms with Crippen LogP contribution >= 0.6 is 0 Å². The molecular formula is C13H23NO. The Morgan fingerprint density at radius 3 is 2.40 bits per heavy atom. The van der Waals surface area contributed by atoms with Gasteiger partial charge in [0, 0.05) is 11.5 Å². The van der Waals surface area contributed by atoms with Crippen LogP contribution in [0.5, 0.6) is 0 Å². The molecule has 1 N–H and O–H groups in total. The molecule has 1 aliphatic carbocycles. The molecule has 0 aromatic rings. The molecule has 0 aromatic carbocycles. The average molecular weight is 209 g/mol. The van der Waals surface area contributed by atoms with Crippen molar-refractivity contribution in [1.29, 1.82) is 0 Å². The molecule has 2 heterocycles. The van der Waals surface area contributed by atoms with Crippen LogP contribution in [0.3, 0.4) is 0 Å². The summed E-state index contributed by atoms with van der Waals surface area (Å²) in [6.45, 7) is 3.35. The predicted octanol–water partition coefficient (Wildman–Crippen LogP) is 2.34. The van der Waals surface area contributed by atoms with E-state index in [0.717, 1.165) is 25.2 Å². The van der Waals surface area contributed by atoms with Gasteiger partial charge in [-0.1, -0.05) is 12.8 Å². The first-order valence-electron chi connectivity index (χ1n) is 6.70. The van der Waals surface area contributed by atoms with Gasteiger partial charge in [-0.2, -0.15) is 0 Å². The molecule has 15 heavy (non-hydrogen) atoms. The fourth-order valence-corrected chi connectivity index (χ4v) is 3.49. The van der Waals surface area contributed by atoms with Gasteiger partial charge in [-0.25, -0.2) is 0 Å². The molecule has 1 unspecified atom stereocenters. The first-order chi connectivity index (χ1) is 7.39. The van der Waals surface area contributed by atoms with Crippen LogP contribution in [-0.2, 0) is 4.74 Å². The number of hydrogen-bond donors (Lipinski definition) is 1. The Labute approximate surface area is 92.8 Å². The van der Waals surface area contributed by atoms with Crippen molar-refractivity contribution in [3.63, 3.8) is 0 Å². The van der Waals surface area contributed by atoms with Crippen molar-refractivity contribution in [3.8, 4) is 0 Å². The van der Waals surface area contributed by atoms with Gasteiger partial charge < -0.3 is 10.1 Å². The van der Waals surface area contributed by atoms with Crippen molar-refractivity contribution < 1.29 is 4.74 Å². The van der Waals surface area contributed by atoms with E-state index in [4.69, 9.17) is 4.74 Å². The Morgan fingerprint density at radius 1 is 1.07 bits per heavy atom. The van der Waals surface area contributed by atoms with Gasteiger partial charge >= 0.3 is 0 Å². The van der Waals surface area contributed by atoms with E-state index >= 15 is 0 Å². The maximum Gasteiger partial charge on any atom is 0.0548 e. The number of rotatable bonds is 3. The van der Waals surface area contributed by atoms with E-state index in [9.17, 15) is 0 Å². The average Bonchev–Trinajstić information content (AvgIpc) is 2.13. The molecule has 0 bridgehead atoms. The summed E-state index contributed by atoms with van der Waals surface area (Å²) in [4.78, 5) is 0. The van der Waals surface area contributed by atoms with E-state index in [0.29, 0.717) is 5.41 Å². The van der Waals surface area contributed by atoms with Crippen LogP contribution in [0.25, 0.3) is 0 Å². The maximum absolute atomic E-state index is 5.51. The molecule has 0 aromatic heterocycles.